The number of amides is 1. The highest BCUT2D eigenvalue weighted by molar-refractivity contribution is 8.16. The summed E-state index contributed by atoms with van der Waals surface area (Å²) in [5.74, 6) is -1.99. The van der Waals surface area contributed by atoms with Crippen LogP contribution in [0.15, 0.2) is 69.8 Å². The van der Waals surface area contributed by atoms with E-state index >= 15 is 0 Å². The molecule has 0 atom stereocenters. The lowest BCUT2D eigenvalue weighted by molar-refractivity contribution is 0.0978. The first-order valence-corrected chi connectivity index (χ1v) is 14.7. The monoisotopic (exact) mass is 605 g/mol. The number of nitrogens with one attached hydrogen (secondary N) is 2. The Hall–Kier alpha value is -4.42. The van der Waals surface area contributed by atoms with Crippen LogP contribution in [0.3, 0.4) is 0 Å². The Morgan fingerprint density at radius 1 is 1.07 bits per heavy atom. The van der Waals surface area contributed by atoms with Crippen LogP contribution in [0.1, 0.15) is 29.8 Å². The number of halogens is 2. The van der Waals surface area contributed by atoms with Crippen LogP contribution in [0.4, 0.5) is 14.7 Å². The molecule has 0 aliphatic carbocycles. The summed E-state index contributed by atoms with van der Waals surface area (Å²) in [6.45, 7) is 7.48. The van der Waals surface area contributed by atoms with Gasteiger partial charge in [0, 0.05) is 35.7 Å². The van der Waals surface area contributed by atoms with E-state index in [1.807, 2.05) is 51.3 Å². The van der Waals surface area contributed by atoms with Crippen molar-refractivity contribution in [1.82, 2.24) is 24.8 Å². The second-order valence-electron chi connectivity index (χ2n) is 9.56. The van der Waals surface area contributed by atoms with Gasteiger partial charge in [-0.25, -0.2) is 13.8 Å². The fourth-order valence-electron chi connectivity index (χ4n) is 4.29. The summed E-state index contributed by atoms with van der Waals surface area (Å²) in [5, 5.41) is 8.69. The van der Waals surface area contributed by atoms with Crippen molar-refractivity contribution < 1.29 is 13.6 Å². The van der Waals surface area contributed by atoms with Gasteiger partial charge in [0.2, 0.25) is 5.95 Å². The first kappa shape index (κ1) is 31.5. The summed E-state index contributed by atoms with van der Waals surface area (Å²) in [6, 6.07) is 11.3. The van der Waals surface area contributed by atoms with E-state index in [1.165, 1.54) is 30.0 Å². The first-order chi connectivity index (χ1) is 20.7. The van der Waals surface area contributed by atoms with Crippen molar-refractivity contribution in [2.24, 2.45) is 4.99 Å². The lowest BCUT2D eigenvalue weighted by Gasteiger charge is -2.17. The Labute approximate surface area is 252 Å². The number of carbonyl (C=O) groups is 1. The molecule has 1 aliphatic rings. The molecule has 0 saturated carbocycles. The van der Waals surface area contributed by atoms with Crippen LogP contribution < -0.4 is 16.2 Å². The van der Waals surface area contributed by atoms with Crippen molar-refractivity contribution in [3.63, 3.8) is 0 Å². The van der Waals surface area contributed by atoms with Gasteiger partial charge in [0.05, 0.1) is 12.2 Å². The smallest absolute Gasteiger partial charge is 0.257 e. The van der Waals surface area contributed by atoms with Crippen molar-refractivity contribution in [1.29, 1.82) is 0 Å². The van der Waals surface area contributed by atoms with Crippen LogP contribution in [0.25, 0.3) is 28.0 Å². The van der Waals surface area contributed by atoms with Gasteiger partial charge in [-0.15, -0.1) is 0 Å². The summed E-state index contributed by atoms with van der Waals surface area (Å²) >= 11 is 1.32. The maximum absolute atomic E-state index is 14.9. The van der Waals surface area contributed by atoms with E-state index in [1.54, 1.807) is 18.2 Å². The molecule has 224 valence electrons. The lowest BCUT2D eigenvalue weighted by atomic mass is 9.99. The first-order valence-electron chi connectivity index (χ1n) is 13.8. The van der Waals surface area contributed by atoms with Gasteiger partial charge in [0.15, 0.2) is 10.8 Å². The molecule has 0 bridgehead atoms. The third-order valence-electron chi connectivity index (χ3n) is 6.35. The number of carbonyl (C=O) groups excluding carboxylic acids is 1. The average Bonchev–Trinajstić information content (AvgIpc) is 2.99. The van der Waals surface area contributed by atoms with Crippen LogP contribution >= 0.6 is 11.8 Å². The van der Waals surface area contributed by atoms with E-state index in [2.05, 4.69) is 20.6 Å². The number of thioether (sulfide) groups is 1. The van der Waals surface area contributed by atoms with Crippen molar-refractivity contribution in [2.45, 2.75) is 20.8 Å². The number of amidine groups is 1. The number of anilines is 1. The zero-order valence-electron chi connectivity index (χ0n) is 24.6. The van der Waals surface area contributed by atoms with Gasteiger partial charge >= 0.3 is 0 Å². The number of rotatable bonds is 7. The number of aliphatic imine (C=N–C) groups is 1. The number of hydrogen-bond donors (Lipinski definition) is 2. The van der Waals surface area contributed by atoms with Crippen LogP contribution in [-0.2, 0) is 0 Å². The third kappa shape index (κ3) is 7.15. The van der Waals surface area contributed by atoms with Crippen LogP contribution in [0.5, 0.6) is 0 Å². The van der Waals surface area contributed by atoms with Crippen LogP contribution in [-0.4, -0.2) is 64.2 Å². The van der Waals surface area contributed by atoms with E-state index in [9.17, 15) is 18.4 Å². The molecular weight excluding hydrogens is 572 g/mol. The third-order valence-corrected chi connectivity index (χ3v) is 7.13. The summed E-state index contributed by atoms with van der Waals surface area (Å²) < 4.78 is 30.8. The number of nitrogens with zero attached hydrogens (tertiary/aromatic N) is 5. The molecule has 43 heavy (non-hydrogen) atoms. The second kappa shape index (κ2) is 14.2. The Kier molecular flexibility index (Phi) is 10.4. The zero-order valence-corrected chi connectivity index (χ0v) is 25.4. The predicted octanol–water partition coefficient (Wildman–Crippen LogP) is 5.38. The number of likely N-dealkylation sites (N-methyl/N-ethyl adjacent to an activating group) is 1. The van der Waals surface area contributed by atoms with Crippen LogP contribution in [0, 0.1) is 18.6 Å². The number of hydrogen-bond acceptors (Lipinski definition) is 8. The molecular formula is C31H33F2N7O2S. The molecule has 1 amide bonds. The molecule has 9 nitrogen and oxygen atoms in total. The summed E-state index contributed by atoms with van der Waals surface area (Å²) in [4.78, 5) is 41.7. The highest BCUT2D eigenvalue weighted by Gasteiger charge is 2.21. The molecule has 5 rings (SSSR count). The molecule has 0 spiro atoms. The van der Waals surface area contributed by atoms with Crippen LogP contribution in [0.2, 0.25) is 0 Å². The normalized spacial score (nSPS) is 12.5. The van der Waals surface area contributed by atoms with Gasteiger partial charge in [0.1, 0.15) is 17.3 Å². The van der Waals surface area contributed by atoms with Crippen molar-refractivity contribution in [3.8, 4) is 16.9 Å². The van der Waals surface area contributed by atoms with E-state index < -0.39 is 22.9 Å². The van der Waals surface area contributed by atoms with Crippen molar-refractivity contribution in [3.05, 3.63) is 93.1 Å². The largest absolute Gasteiger partial charge is 0.353 e. The van der Waals surface area contributed by atoms with E-state index in [4.69, 9.17) is 4.98 Å². The fourth-order valence-corrected chi connectivity index (χ4v) is 4.91. The van der Waals surface area contributed by atoms with E-state index in [-0.39, 0.29) is 17.5 Å². The van der Waals surface area contributed by atoms with Gasteiger partial charge in [-0.05, 0) is 62.3 Å². The predicted molar refractivity (Wildman–Crippen MR) is 170 cm³/mol. The minimum atomic E-state index is -0.907. The molecule has 0 unspecified atom stereocenters. The van der Waals surface area contributed by atoms with Gasteiger partial charge in [0.25, 0.3) is 11.5 Å². The highest BCUT2D eigenvalue weighted by Crippen LogP contribution is 2.31. The molecule has 2 N–H and O–H groups in total. The maximum Gasteiger partial charge on any atom is 0.257 e. The van der Waals surface area contributed by atoms with Gasteiger partial charge in [-0.3, -0.25) is 19.1 Å². The number of benzene rings is 2. The molecule has 4 aromatic rings. The Morgan fingerprint density at radius 2 is 1.81 bits per heavy atom. The summed E-state index contributed by atoms with van der Waals surface area (Å²) in [5.41, 5.74) is 0.985. The SMILES string of the molecule is CC.Cc1ccc(C(=O)NC2=NCC=CS2)cc1-c1nc(NCCN(C)C)nc2c1ccc(=O)n2-c1c(F)cccc1F. The molecule has 2 aromatic carbocycles. The average molecular weight is 606 g/mol. The molecule has 3 heterocycles. The van der Waals surface area contributed by atoms with Gasteiger partial charge in [-0.1, -0.05) is 43.8 Å². The highest BCUT2D eigenvalue weighted by atomic mass is 32.2. The Bertz CT molecular complexity index is 1750. The molecule has 0 saturated heterocycles. The molecule has 12 heteroatoms. The molecule has 2 aromatic heterocycles. The van der Waals surface area contributed by atoms with E-state index in [0.717, 1.165) is 22.3 Å². The van der Waals surface area contributed by atoms with Gasteiger partial charge < -0.3 is 15.5 Å². The second-order valence-corrected chi connectivity index (χ2v) is 10.5. The quantitative estimate of drug-likeness (QED) is 0.292. The van der Waals surface area contributed by atoms with Crippen molar-refractivity contribution >= 4 is 39.8 Å². The fraction of sp³-hybridized carbons (Fsp3) is 0.258. The minimum absolute atomic E-state index is 0.0212. The Morgan fingerprint density at radius 3 is 2.49 bits per heavy atom. The van der Waals surface area contributed by atoms with Crippen molar-refractivity contribution in [2.75, 3.05) is 39.0 Å². The lowest BCUT2D eigenvalue weighted by Crippen LogP contribution is -2.29. The Balaban J connectivity index is 0.00000207. The maximum atomic E-state index is 14.9. The summed E-state index contributed by atoms with van der Waals surface area (Å²) in [6.07, 6.45) is 1.89. The standard InChI is InChI=1S/C29H27F2N7O2S.C2H6/c1-17-8-9-18(27(40)36-29-33-12-5-15-41-29)16-20(17)24-19-10-11-23(39)38(25-21(30)6-4-7-22(25)31)26(19)35-28(34-24)32-13-14-37(2)3;1-2/h4-11,15-16H,12-14H2,1-3H3,(H,32,34,35)(H,33,36,40);1-2H3. The minimum Gasteiger partial charge on any atom is -0.353 e. The van der Waals surface area contributed by atoms with Gasteiger partial charge in [-0.2, -0.15) is 4.98 Å². The number of aromatic nitrogens is 3. The van der Waals surface area contributed by atoms with E-state index in [0.29, 0.717) is 47.0 Å². The molecule has 0 radical (unpaired) electrons. The topological polar surface area (TPSA) is 105 Å². The number of fused-ring (bicyclic) bond motifs is 1. The molecule has 0 fully saturated rings. The summed E-state index contributed by atoms with van der Waals surface area (Å²) in [7, 11) is 3.83. The number of para-hydroxylation sites is 1. The number of pyridine rings is 1. The zero-order chi connectivity index (χ0) is 31.1. The molecule has 1 aliphatic heterocycles. The number of aryl methyl sites for hydroxylation is 1.